The van der Waals surface area contributed by atoms with Gasteiger partial charge in [0, 0.05) is 6.42 Å². The molecule has 0 aromatic rings. The Morgan fingerprint density at radius 3 is 2.67 bits per heavy atom. The molecule has 3 saturated carbocycles. The van der Waals surface area contributed by atoms with Gasteiger partial charge in [-0.1, -0.05) is 51.0 Å². The first-order valence-electron chi connectivity index (χ1n) is 12.2. The molecule has 0 aromatic carbocycles. The Morgan fingerprint density at radius 2 is 1.97 bits per heavy atom. The minimum atomic E-state index is -0.615. The summed E-state index contributed by atoms with van der Waals surface area (Å²) in [5.74, 6) is 2.11. The third kappa shape index (κ3) is 5.29. The van der Waals surface area contributed by atoms with Crippen LogP contribution in [0.25, 0.3) is 0 Å². The van der Waals surface area contributed by atoms with E-state index in [1.807, 2.05) is 13.8 Å². The van der Waals surface area contributed by atoms with E-state index >= 15 is 0 Å². The van der Waals surface area contributed by atoms with E-state index in [0.29, 0.717) is 30.1 Å². The Labute approximate surface area is 184 Å². The molecule has 0 saturated heterocycles. The van der Waals surface area contributed by atoms with Gasteiger partial charge in [-0.3, -0.25) is 0 Å². The lowest BCUT2D eigenvalue weighted by Crippen LogP contribution is -2.36. The summed E-state index contributed by atoms with van der Waals surface area (Å²) in [6.07, 6.45) is 13.9. The van der Waals surface area contributed by atoms with Gasteiger partial charge >= 0.3 is 0 Å². The molecule has 30 heavy (non-hydrogen) atoms. The van der Waals surface area contributed by atoms with Crippen LogP contribution in [-0.2, 0) is 0 Å². The molecule has 3 nitrogen and oxygen atoms in total. The lowest BCUT2D eigenvalue weighted by Gasteiger charge is -2.44. The van der Waals surface area contributed by atoms with Crippen LogP contribution in [0.1, 0.15) is 91.9 Å². The van der Waals surface area contributed by atoms with Crippen LogP contribution in [0.5, 0.6) is 0 Å². The molecule has 0 heterocycles. The summed E-state index contributed by atoms with van der Waals surface area (Å²) in [6.45, 7) is 12.8. The third-order valence-electron chi connectivity index (χ3n) is 8.44. The third-order valence-corrected chi connectivity index (χ3v) is 8.44. The molecular weight excluding hydrogens is 372 g/mol. The van der Waals surface area contributed by atoms with Crippen LogP contribution >= 0.6 is 0 Å². The fraction of sp³-hybridized carbons (Fsp3) is 0.778. The van der Waals surface area contributed by atoms with E-state index in [2.05, 4.69) is 32.6 Å². The molecule has 170 valence electrons. The van der Waals surface area contributed by atoms with Gasteiger partial charge in [-0.2, -0.15) is 0 Å². The van der Waals surface area contributed by atoms with Crippen LogP contribution in [0.4, 0.5) is 0 Å². The summed E-state index contributed by atoms with van der Waals surface area (Å²) < 4.78 is 0. The zero-order chi connectivity index (χ0) is 22.1. The first-order valence-corrected chi connectivity index (χ1v) is 12.2. The molecule has 0 bridgehead atoms. The van der Waals surface area contributed by atoms with Gasteiger partial charge in [-0.05, 0) is 93.1 Å². The van der Waals surface area contributed by atoms with E-state index < -0.39 is 17.8 Å². The molecule has 3 heteroatoms. The molecule has 0 spiro atoms. The minimum Gasteiger partial charge on any atom is -0.393 e. The topological polar surface area (TPSA) is 60.7 Å². The Kier molecular flexibility index (Phi) is 7.37. The smallest absolute Gasteiger partial charge is 0.0811 e. The summed E-state index contributed by atoms with van der Waals surface area (Å²) >= 11 is 0. The number of rotatable bonds is 6. The Hall–Kier alpha value is -0.900. The number of aliphatic hydroxyl groups excluding tert-OH is 2. The molecule has 3 aliphatic carbocycles. The first kappa shape index (κ1) is 23.8. The number of hydrogen-bond acceptors (Lipinski definition) is 3. The van der Waals surface area contributed by atoms with Crippen LogP contribution in [0, 0.1) is 23.2 Å². The lowest BCUT2D eigenvalue weighted by molar-refractivity contribution is 0.0596. The van der Waals surface area contributed by atoms with Gasteiger partial charge in [-0.15, -0.1) is 0 Å². The SMILES string of the molecule is C=C1/C(=C/C=C2/CCC[C@]3(C)[C@@H]([C@H](C)CCCC(C)(C)O)CC[C@@H]23)C[C@@H](O)C[C@@H]1O. The first-order chi connectivity index (χ1) is 14.0. The highest BCUT2D eigenvalue weighted by Gasteiger charge is 2.50. The predicted molar refractivity (Wildman–Crippen MR) is 124 cm³/mol. The quantitative estimate of drug-likeness (QED) is 0.520. The van der Waals surface area contributed by atoms with Crippen LogP contribution in [0.3, 0.4) is 0 Å². The van der Waals surface area contributed by atoms with Crippen LogP contribution in [0.15, 0.2) is 35.5 Å². The van der Waals surface area contributed by atoms with Crippen molar-refractivity contribution in [2.75, 3.05) is 0 Å². The highest BCUT2D eigenvalue weighted by atomic mass is 16.3. The largest absolute Gasteiger partial charge is 0.393 e. The molecule has 0 aromatic heterocycles. The molecular formula is C27H44O3. The van der Waals surface area contributed by atoms with Crippen molar-refractivity contribution in [3.8, 4) is 0 Å². The fourth-order valence-corrected chi connectivity index (χ4v) is 6.74. The van der Waals surface area contributed by atoms with Gasteiger partial charge in [0.05, 0.1) is 17.8 Å². The summed E-state index contributed by atoms with van der Waals surface area (Å²) in [4.78, 5) is 0. The highest BCUT2D eigenvalue weighted by Crippen LogP contribution is 2.60. The van der Waals surface area contributed by atoms with Crippen molar-refractivity contribution in [1.82, 2.24) is 0 Å². The van der Waals surface area contributed by atoms with Gasteiger partial charge in [0.1, 0.15) is 0 Å². The second kappa shape index (κ2) is 9.30. The maximum absolute atomic E-state index is 10.1. The zero-order valence-electron chi connectivity index (χ0n) is 19.7. The van der Waals surface area contributed by atoms with E-state index in [9.17, 15) is 15.3 Å². The fourth-order valence-electron chi connectivity index (χ4n) is 6.74. The summed E-state index contributed by atoms with van der Waals surface area (Å²) in [5.41, 5.74) is 3.17. The Morgan fingerprint density at radius 1 is 1.23 bits per heavy atom. The highest BCUT2D eigenvalue weighted by molar-refractivity contribution is 5.38. The monoisotopic (exact) mass is 416 g/mol. The molecule has 6 atom stereocenters. The Bertz CT molecular complexity index is 683. The average molecular weight is 417 g/mol. The van der Waals surface area contributed by atoms with E-state index in [-0.39, 0.29) is 0 Å². The molecule has 3 aliphatic rings. The number of fused-ring (bicyclic) bond motifs is 1. The van der Waals surface area contributed by atoms with E-state index in [1.54, 1.807) is 5.57 Å². The van der Waals surface area contributed by atoms with Crippen molar-refractivity contribution in [3.63, 3.8) is 0 Å². The molecule has 3 fully saturated rings. The van der Waals surface area contributed by atoms with E-state index in [1.165, 1.54) is 38.5 Å². The molecule has 0 unspecified atom stereocenters. The maximum atomic E-state index is 10.1. The van der Waals surface area contributed by atoms with Crippen molar-refractivity contribution in [3.05, 3.63) is 35.5 Å². The number of allylic oxidation sites excluding steroid dienone is 3. The summed E-state index contributed by atoms with van der Waals surface area (Å²) in [6, 6.07) is 0. The van der Waals surface area contributed by atoms with Crippen molar-refractivity contribution < 1.29 is 15.3 Å². The second-order valence-corrected chi connectivity index (χ2v) is 11.3. The lowest BCUT2D eigenvalue weighted by atomic mass is 9.60. The minimum absolute atomic E-state index is 0.374. The standard InChI is InChI=1S/C27H44O3/c1-18(8-6-14-26(3,4)30)23-12-13-24-20(9-7-15-27(23,24)5)10-11-21-16-22(28)17-25(29)19(21)2/h10-11,18,22-25,28-30H,2,6-9,12-17H2,1,3-5H3/b20-10-,21-11+/t18-,22-,23-,24+,25+,27-/m1/s1. The van der Waals surface area contributed by atoms with Gasteiger partial charge in [0.25, 0.3) is 0 Å². The van der Waals surface area contributed by atoms with Crippen molar-refractivity contribution in [2.45, 2.75) is 110 Å². The zero-order valence-corrected chi connectivity index (χ0v) is 19.7. The van der Waals surface area contributed by atoms with Crippen molar-refractivity contribution in [1.29, 1.82) is 0 Å². The van der Waals surface area contributed by atoms with E-state index in [0.717, 1.165) is 29.9 Å². The van der Waals surface area contributed by atoms with Crippen LogP contribution in [0.2, 0.25) is 0 Å². The molecule has 3 rings (SSSR count). The second-order valence-electron chi connectivity index (χ2n) is 11.3. The summed E-state index contributed by atoms with van der Waals surface area (Å²) in [5, 5.41) is 30.2. The van der Waals surface area contributed by atoms with Crippen LogP contribution in [-0.4, -0.2) is 33.1 Å². The van der Waals surface area contributed by atoms with Crippen molar-refractivity contribution >= 4 is 0 Å². The predicted octanol–water partition coefficient (Wildman–Crippen LogP) is 5.70. The maximum Gasteiger partial charge on any atom is 0.0811 e. The average Bonchev–Trinajstić information content (AvgIpc) is 3.00. The molecule has 0 amide bonds. The van der Waals surface area contributed by atoms with Gasteiger partial charge in [-0.25, -0.2) is 0 Å². The van der Waals surface area contributed by atoms with Gasteiger partial charge in [0.2, 0.25) is 0 Å². The normalized spacial score (nSPS) is 38.8. The van der Waals surface area contributed by atoms with Crippen LogP contribution < -0.4 is 0 Å². The van der Waals surface area contributed by atoms with Gasteiger partial charge < -0.3 is 15.3 Å². The van der Waals surface area contributed by atoms with E-state index in [4.69, 9.17) is 0 Å². The Balaban J connectivity index is 1.70. The van der Waals surface area contributed by atoms with Gasteiger partial charge in [0.15, 0.2) is 0 Å². The molecule has 0 aliphatic heterocycles. The number of hydrogen-bond donors (Lipinski definition) is 3. The molecule has 3 N–H and O–H groups in total. The number of aliphatic hydroxyl groups is 3. The van der Waals surface area contributed by atoms with Crippen molar-refractivity contribution in [2.24, 2.45) is 23.2 Å². The summed E-state index contributed by atoms with van der Waals surface area (Å²) in [7, 11) is 0. The molecule has 0 radical (unpaired) electrons.